The van der Waals surface area contributed by atoms with Crippen LogP contribution in [0.5, 0.6) is 0 Å². The van der Waals surface area contributed by atoms with Gasteiger partial charge in [-0.25, -0.2) is 0 Å². The van der Waals surface area contributed by atoms with Crippen LogP contribution < -0.4 is 5.73 Å². The monoisotopic (exact) mass is 139 g/mol. The summed E-state index contributed by atoms with van der Waals surface area (Å²) in [5.74, 6) is 0.361. The zero-order valence-corrected chi connectivity index (χ0v) is 6.10. The molecule has 0 unspecified atom stereocenters. The zero-order chi connectivity index (χ0) is 5.15. The minimum Gasteiger partial charge on any atom is -0.393 e. The van der Waals surface area contributed by atoms with Gasteiger partial charge in [-0.2, -0.15) is 0 Å². The Bertz CT molecular complexity index is 62.7. The fraction of sp³-hybridized carbons (Fsp3) is 0.750. The standard InChI is InChI=1S/C4H9NS.ClH/c1-3(2)4(5)6;/h3H,1-2H3,(H2,5,6);1H. The van der Waals surface area contributed by atoms with Crippen LogP contribution in [0.25, 0.3) is 0 Å². The predicted molar refractivity (Wildman–Crippen MR) is 38.9 cm³/mol. The Kier molecular flexibility index (Phi) is 6.34. The molecule has 0 aromatic rings. The maximum absolute atomic E-state index is 5.17. The van der Waals surface area contributed by atoms with E-state index >= 15 is 0 Å². The van der Waals surface area contributed by atoms with Crippen LogP contribution in [0.1, 0.15) is 13.8 Å². The summed E-state index contributed by atoms with van der Waals surface area (Å²) in [7, 11) is 0. The Morgan fingerprint density at radius 1 is 1.57 bits per heavy atom. The molecule has 0 atom stereocenters. The summed E-state index contributed by atoms with van der Waals surface area (Å²) in [6.45, 7) is 3.95. The summed E-state index contributed by atoms with van der Waals surface area (Å²) >= 11 is 4.60. The molecule has 1 nitrogen and oxygen atoms in total. The quantitative estimate of drug-likeness (QED) is 0.555. The summed E-state index contributed by atoms with van der Waals surface area (Å²) in [6.07, 6.45) is 0. The molecule has 0 aliphatic heterocycles. The van der Waals surface area contributed by atoms with E-state index in [0.29, 0.717) is 10.9 Å². The van der Waals surface area contributed by atoms with E-state index in [2.05, 4.69) is 12.2 Å². The van der Waals surface area contributed by atoms with Crippen LogP contribution in [0, 0.1) is 5.92 Å². The first kappa shape index (κ1) is 10.2. The fourth-order valence-electron chi connectivity index (χ4n) is 0. The average molecular weight is 140 g/mol. The van der Waals surface area contributed by atoms with Crippen molar-refractivity contribution < 1.29 is 0 Å². The largest absolute Gasteiger partial charge is 0.393 e. The summed E-state index contributed by atoms with van der Waals surface area (Å²) < 4.78 is 0. The molecule has 0 radical (unpaired) electrons. The van der Waals surface area contributed by atoms with Gasteiger partial charge in [-0.05, 0) is 0 Å². The maximum atomic E-state index is 5.17. The first-order chi connectivity index (χ1) is 2.64. The van der Waals surface area contributed by atoms with Gasteiger partial charge in [-0.3, -0.25) is 0 Å². The second-order valence-electron chi connectivity index (χ2n) is 1.56. The number of halogens is 1. The van der Waals surface area contributed by atoms with Crippen molar-refractivity contribution >= 4 is 29.6 Å². The number of hydrogen-bond acceptors (Lipinski definition) is 1. The van der Waals surface area contributed by atoms with E-state index in [4.69, 9.17) is 5.73 Å². The van der Waals surface area contributed by atoms with Gasteiger partial charge in [0.25, 0.3) is 0 Å². The van der Waals surface area contributed by atoms with Crippen LogP contribution in [-0.2, 0) is 0 Å². The van der Waals surface area contributed by atoms with E-state index in [1.165, 1.54) is 0 Å². The number of thiocarbonyl (C=S) groups is 1. The van der Waals surface area contributed by atoms with Gasteiger partial charge < -0.3 is 5.73 Å². The zero-order valence-electron chi connectivity index (χ0n) is 4.47. The van der Waals surface area contributed by atoms with Crippen LogP contribution in [0.15, 0.2) is 0 Å². The van der Waals surface area contributed by atoms with Crippen molar-refractivity contribution in [3.05, 3.63) is 0 Å². The van der Waals surface area contributed by atoms with Crippen LogP contribution in [-0.4, -0.2) is 4.99 Å². The molecule has 0 heterocycles. The molecule has 7 heavy (non-hydrogen) atoms. The minimum absolute atomic E-state index is 0. The Balaban J connectivity index is 0. The summed E-state index contributed by atoms with van der Waals surface area (Å²) in [5.41, 5.74) is 5.17. The molecule has 0 amide bonds. The molecule has 3 heteroatoms. The van der Waals surface area contributed by atoms with Crippen LogP contribution in [0.3, 0.4) is 0 Å². The van der Waals surface area contributed by atoms with E-state index in [0.717, 1.165) is 0 Å². The van der Waals surface area contributed by atoms with Crippen LogP contribution in [0.2, 0.25) is 0 Å². The normalized spacial score (nSPS) is 7.86. The third kappa shape index (κ3) is 6.18. The first-order valence-electron chi connectivity index (χ1n) is 1.94. The molecule has 0 aromatic carbocycles. The van der Waals surface area contributed by atoms with E-state index in [-0.39, 0.29) is 12.4 Å². The maximum Gasteiger partial charge on any atom is 0.0753 e. The van der Waals surface area contributed by atoms with Gasteiger partial charge in [0.15, 0.2) is 0 Å². The topological polar surface area (TPSA) is 26.0 Å². The molecular weight excluding hydrogens is 130 g/mol. The minimum atomic E-state index is 0. The van der Waals surface area contributed by atoms with E-state index in [9.17, 15) is 0 Å². The lowest BCUT2D eigenvalue weighted by Crippen LogP contribution is -2.14. The molecule has 0 aliphatic carbocycles. The summed E-state index contributed by atoms with van der Waals surface area (Å²) in [6, 6.07) is 0. The third-order valence-corrected chi connectivity index (χ3v) is 1.04. The molecule has 44 valence electrons. The van der Waals surface area contributed by atoms with Gasteiger partial charge in [-0.15, -0.1) is 12.4 Å². The van der Waals surface area contributed by atoms with Crippen molar-refractivity contribution in [1.29, 1.82) is 0 Å². The highest BCUT2D eigenvalue weighted by Crippen LogP contribution is 1.88. The highest BCUT2D eigenvalue weighted by Gasteiger charge is 1.90. The molecule has 2 N–H and O–H groups in total. The second kappa shape index (κ2) is 4.34. The summed E-state index contributed by atoms with van der Waals surface area (Å²) in [4.78, 5) is 0.593. The molecule has 0 rings (SSSR count). The molecule has 0 saturated carbocycles. The number of hydrogen-bond donors (Lipinski definition) is 1. The van der Waals surface area contributed by atoms with Crippen LogP contribution >= 0.6 is 24.6 Å². The lowest BCUT2D eigenvalue weighted by molar-refractivity contribution is 0.891. The molecule has 0 saturated heterocycles. The predicted octanol–water partition coefficient (Wildman–Crippen LogP) is 1.35. The smallest absolute Gasteiger partial charge is 0.0753 e. The van der Waals surface area contributed by atoms with Crippen molar-refractivity contribution in [2.75, 3.05) is 0 Å². The van der Waals surface area contributed by atoms with E-state index in [1.54, 1.807) is 0 Å². The Labute approximate surface area is 55.7 Å². The van der Waals surface area contributed by atoms with Gasteiger partial charge in [0.2, 0.25) is 0 Å². The second-order valence-corrected chi connectivity index (χ2v) is 2.03. The SMILES string of the molecule is CC(C)C(N)=S.Cl. The van der Waals surface area contributed by atoms with E-state index in [1.807, 2.05) is 13.8 Å². The average Bonchev–Trinajstić information content (AvgIpc) is 1.36. The van der Waals surface area contributed by atoms with Gasteiger partial charge in [0, 0.05) is 5.92 Å². The highest BCUT2D eigenvalue weighted by molar-refractivity contribution is 7.80. The molecule has 0 fully saturated rings. The van der Waals surface area contributed by atoms with Gasteiger partial charge >= 0.3 is 0 Å². The molecule has 0 bridgehead atoms. The lowest BCUT2D eigenvalue weighted by atomic mass is 10.2. The van der Waals surface area contributed by atoms with Crippen LogP contribution in [0.4, 0.5) is 0 Å². The fourth-order valence-corrected chi connectivity index (χ4v) is 0. The Hall–Kier alpha value is 0.180. The van der Waals surface area contributed by atoms with Crippen molar-refractivity contribution in [2.45, 2.75) is 13.8 Å². The van der Waals surface area contributed by atoms with E-state index < -0.39 is 0 Å². The van der Waals surface area contributed by atoms with Crippen molar-refractivity contribution in [1.82, 2.24) is 0 Å². The van der Waals surface area contributed by atoms with Crippen molar-refractivity contribution in [2.24, 2.45) is 11.7 Å². The van der Waals surface area contributed by atoms with Crippen molar-refractivity contribution in [3.8, 4) is 0 Å². The highest BCUT2D eigenvalue weighted by atomic mass is 35.5. The number of nitrogens with two attached hydrogens (primary N) is 1. The lowest BCUT2D eigenvalue weighted by Gasteiger charge is -1.95. The molecular formula is C4H10ClNS. The third-order valence-electron chi connectivity index (χ3n) is 0.569. The Morgan fingerprint density at radius 3 is 1.71 bits per heavy atom. The van der Waals surface area contributed by atoms with Gasteiger partial charge in [0.05, 0.1) is 4.99 Å². The first-order valence-corrected chi connectivity index (χ1v) is 2.34. The Morgan fingerprint density at radius 2 is 1.71 bits per heavy atom. The van der Waals surface area contributed by atoms with Crippen molar-refractivity contribution in [3.63, 3.8) is 0 Å². The summed E-state index contributed by atoms with van der Waals surface area (Å²) in [5, 5.41) is 0. The van der Waals surface area contributed by atoms with Gasteiger partial charge in [-0.1, -0.05) is 26.1 Å². The molecule has 0 aliphatic rings. The molecule has 0 spiro atoms. The number of rotatable bonds is 1. The molecule has 0 aromatic heterocycles. The van der Waals surface area contributed by atoms with Gasteiger partial charge in [0.1, 0.15) is 0 Å².